The Labute approximate surface area is 163 Å². The van der Waals surface area contributed by atoms with Crippen LogP contribution >= 0.6 is 0 Å². The fourth-order valence-electron chi connectivity index (χ4n) is 3.11. The van der Waals surface area contributed by atoms with Gasteiger partial charge < -0.3 is 26.2 Å². The molecule has 2 aliphatic heterocycles. The predicted molar refractivity (Wildman–Crippen MR) is 115 cm³/mol. The Bertz CT molecular complexity index is 635. The molecule has 2 aliphatic rings. The molecule has 0 radical (unpaired) electrons. The zero-order valence-corrected chi connectivity index (χ0v) is 17.3. The van der Waals surface area contributed by atoms with E-state index in [1.165, 1.54) is 6.42 Å². The monoisotopic (exact) mass is 373 g/mol. The molecule has 0 atom stereocenters. The van der Waals surface area contributed by atoms with Crippen LogP contribution in [0.25, 0.3) is 0 Å². The van der Waals surface area contributed by atoms with E-state index in [0.717, 1.165) is 68.4 Å². The van der Waals surface area contributed by atoms with Crippen molar-refractivity contribution in [1.29, 1.82) is 0 Å². The molecule has 27 heavy (non-hydrogen) atoms. The molecule has 0 aliphatic carbocycles. The molecule has 0 aromatic carbocycles. The molecular formula is C20H35N7. The number of nitrogens with two attached hydrogens (primary N) is 1. The number of allylic oxidation sites excluding steroid dienone is 2. The summed E-state index contributed by atoms with van der Waals surface area (Å²) in [6, 6.07) is 0. The van der Waals surface area contributed by atoms with E-state index in [9.17, 15) is 0 Å². The van der Waals surface area contributed by atoms with E-state index >= 15 is 0 Å². The summed E-state index contributed by atoms with van der Waals surface area (Å²) in [4.78, 5) is 13.8. The second-order valence-corrected chi connectivity index (χ2v) is 7.10. The molecule has 0 spiro atoms. The Hall–Kier alpha value is -2.28. The van der Waals surface area contributed by atoms with Crippen LogP contribution in [0.15, 0.2) is 45.4 Å². The van der Waals surface area contributed by atoms with Crippen molar-refractivity contribution < 1.29 is 0 Å². The van der Waals surface area contributed by atoms with Crippen LogP contribution in [0.2, 0.25) is 0 Å². The van der Waals surface area contributed by atoms with E-state index in [4.69, 9.17) is 5.73 Å². The molecule has 1 saturated heterocycles. The second-order valence-electron chi connectivity index (χ2n) is 7.10. The summed E-state index contributed by atoms with van der Waals surface area (Å²) in [5, 5.41) is 6.61. The van der Waals surface area contributed by atoms with E-state index < -0.39 is 0 Å². The van der Waals surface area contributed by atoms with Crippen LogP contribution in [0.1, 0.15) is 33.1 Å². The van der Waals surface area contributed by atoms with Gasteiger partial charge in [-0.3, -0.25) is 4.99 Å². The molecule has 0 aromatic rings. The Balaban J connectivity index is 1.98. The van der Waals surface area contributed by atoms with Gasteiger partial charge in [0.25, 0.3) is 0 Å². The van der Waals surface area contributed by atoms with E-state index in [-0.39, 0.29) is 0 Å². The molecule has 0 aromatic heterocycles. The lowest BCUT2D eigenvalue weighted by Crippen LogP contribution is -2.52. The number of aliphatic imine (C=N–C) groups is 2. The minimum atomic E-state index is 0.685. The van der Waals surface area contributed by atoms with Crippen molar-refractivity contribution in [3.05, 3.63) is 35.4 Å². The van der Waals surface area contributed by atoms with Crippen molar-refractivity contribution in [2.24, 2.45) is 15.7 Å². The van der Waals surface area contributed by atoms with Crippen molar-refractivity contribution in [3.8, 4) is 0 Å². The molecule has 0 bridgehead atoms. The van der Waals surface area contributed by atoms with E-state index in [1.807, 2.05) is 32.4 Å². The van der Waals surface area contributed by atoms with Crippen molar-refractivity contribution in [2.75, 3.05) is 46.8 Å². The van der Waals surface area contributed by atoms with Crippen molar-refractivity contribution >= 4 is 11.7 Å². The topological polar surface area (TPSA) is 81.3 Å². The lowest BCUT2D eigenvalue weighted by molar-refractivity contribution is 0.211. The first-order valence-corrected chi connectivity index (χ1v) is 9.85. The number of rotatable bonds is 7. The third-order valence-corrected chi connectivity index (χ3v) is 4.86. The summed E-state index contributed by atoms with van der Waals surface area (Å²) in [5.41, 5.74) is 9.06. The number of likely N-dealkylation sites (N-methyl/N-ethyl adjacent to an activating group) is 1. The maximum atomic E-state index is 6.00. The minimum Gasteiger partial charge on any atom is -0.386 e. The minimum absolute atomic E-state index is 0.685. The van der Waals surface area contributed by atoms with Gasteiger partial charge in [0, 0.05) is 57.7 Å². The Morgan fingerprint density at radius 1 is 1.37 bits per heavy atom. The molecule has 0 unspecified atom stereocenters. The molecule has 7 nitrogen and oxygen atoms in total. The fraction of sp³-hybridized carbons (Fsp3) is 0.600. The van der Waals surface area contributed by atoms with Gasteiger partial charge in [-0.2, -0.15) is 0 Å². The number of hydrogen-bond acceptors (Lipinski definition) is 7. The lowest BCUT2D eigenvalue weighted by Gasteiger charge is -2.35. The molecule has 2 rings (SSSR count). The first-order chi connectivity index (χ1) is 13.0. The first kappa shape index (κ1) is 21.0. The standard InChI is InChI=1S/C20H35N7/c1-5-6-7-8-18(21)23-13-16(2)19(22-3)17-14-24-20(25-15-17)27-11-9-26(4)10-12-27/h8,13-14,23H,5-7,9-12,15,21H2,1-4H3,(H,24,25)/b16-13+,18-8+,22-19+. The van der Waals surface area contributed by atoms with Gasteiger partial charge in [0.1, 0.15) is 0 Å². The Morgan fingerprint density at radius 3 is 2.70 bits per heavy atom. The lowest BCUT2D eigenvalue weighted by atomic mass is 10.0. The molecule has 2 heterocycles. The fourth-order valence-corrected chi connectivity index (χ4v) is 3.11. The molecule has 4 N–H and O–H groups in total. The molecular weight excluding hydrogens is 338 g/mol. The average molecular weight is 374 g/mol. The van der Waals surface area contributed by atoms with Crippen LogP contribution in [-0.2, 0) is 0 Å². The summed E-state index contributed by atoms with van der Waals surface area (Å²) in [6.45, 7) is 9.09. The zero-order valence-electron chi connectivity index (χ0n) is 17.3. The zero-order chi connectivity index (χ0) is 19.6. The van der Waals surface area contributed by atoms with Gasteiger partial charge in [-0.25, -0.2) is 4.99 Å². The molecule has 0 saturated carbocycles. The molecule has 150 valence electrons. The Morgan fingerprint density at radius 2 is 2.11 bits per heavy atom. The number of unbranched alkanes of at least 4 members (excludes halogenated alkanes) is 2. The Kier molecular flexibility index (Phi) is 8.39. The van der Waals surface area contributed by atoms with Crippen molar-refractivity contribution in [3.63, 3.8) is 0 Å². The first-order valence-electron chi connectivity index (χ1n) is 9.85. The summed E-state index contributed by atoms with van der Waals surface area (Å²) in [7, 11) is 3.97. The predicted octanol–water partition coefficient (Wildman–Crippen LogP) is 1.63. The number of nitrogens with one attached hydrogen (secondary N) is 2. The highest BCUT2D eigenvalue weighted by atomic mass is 15.3. The quantitative estimate of drug-likeness (QED) is 0.467. The summed E-state index contributed by atoms with van der Waals surface area (Å²) in [6.07, 6.45) is 9.20. The smallest absolute Gasteiger partial charge is 0.198 e. The SMILES string of the molecule is CCCC/C=C(\N)N/C=C(C)/C(=N\C)C1=CN=C(N2CCN(C)CC2)NC1. The summed E-state index contributed by atoms with van der Waals surface area (Å²) >= 11 is 0. The molecule has 0 amide bonds. The summed E-state index contributed by atoms with van der Waals surface area (Å²) in [5.74, 6) is 1.65. The van der Waals surface area contributed by atoms with Crippen molar-refractivity contribution in [1.82, 2.24) is 20.4 Å². The van der Waals surface area contributed by atoms with E-state index in [2.05, 4.69) is 44.4 Å². The normalized spacial score (nSPS) is 20.1. The van der Waals surface area contributed by atoms with Crippen LogP contribution in [0, 0.1) is 0 Å². The van der Waals surface area contributed by atoms with Gasteiger partial charge in [0.15, 0.2) is 5.96 Å². The molecule has 1 fully saturated rings. The average Bonchev–Trinajstić information content (AvgIpc) is 2.68. The van der Waals surface area contributed by atoms with Crippen LogP contribution in [0.5, 0.6) is 0 Å². The highest BCUT2D eigenvalue weighted by Gasteiger charge is 2.20. The number of nitrogens with zero attached hydrogens (tertiary/aromatic N) is 4. The second kappa shape index (κ2) is 10.8. The largest absolute Gasteiger partial charge is 0.386 e. The van der Waals surface area contributed by atoms with Gasteiger partial charge in [-0.05, 0) is 38.5 Å². The van der Waals surface area contributed by atoms with Crippen LogP contribution in [-0.4, -0.2) is 68.3 Å². The number of hydrogen-bond donors (Lipinski definition) is 3. The van der Waals surface area contributed by atoms with Crippen LogP contribution < -0.4 is 16.4 Å². The summed E-state index contributed by atoms with van der Waals surface area (Å²) < 4.78 is 0. The van der Waals surface area contributed by atoms with Crippen LogP contribution in [0.4, 0.5) is 0 Å². The third kappa shape index (κ3) is 6.43. The van der Waals surface area contributed by atoms with Gasteiger partial charge in [0.05, 0.1) is 11.5 Å². The van der Waals surface area contributed by atoms with Gasteiger partial charge in [0.2, 0.25) is 0 Å². The van der Waals surface area contributed by atoms with Crippen LogP contribution in [0.3, 0.4) is 0 Å². The maximum Gasteiger partial charge on any atom is 0.198 e. The van der Waals surface area contributed by atoms with E-state index in [0.29, 0.717) is 5.82 Å². The number of piperazine rings is 1. The van der Waals surface area contributed by atoms with Gasteiger partial charge in [-0.15, -0.1) is 0 Å². The maximum absolute atomic E-state index is 6.00. The van der Waals surface area contributed by atoms with Gasteiger partial charge >= 0.3 is 0 Å². The molecule has 7 heteroatoms. The van der Waals surface area contributed by atoms with E-state index in [1.54, 1.807) is 0 Å². The third-order valence-electron chi connectivity index (χ3n) is 4.86. The highest BCUT2D eigenvalue weighted by Crippen LogP contribution is 2.12. The van der Waals surface area contributed by atoms with Gasteiger partial charge in [-0.1, -0.05) is 13.3 Å². The number of guanidine groups is 1. The van der Waals surface area contributed by atoms with Crippen molar-refractivity contribution in [2.45, 2.75) is 33.1 Å². The highest BCUT2D eigenvalue weighted by molar-refractivity contribution is 6.12.